The van der Waals surface area contributed by atoms with Crippen LogP contribution in [0.2, 0.25) is 0 Å². The summed E-state index contributed by atoms with van der Waals surface area (Å²) in [7, 11) is 0. The minimum Gasteiger partial charge on any atom is -0.381 e. The summed E-state index contributed by atoms with van der Waals surface area (Å²) in [4.78, 5) is 0. The minimum atomic E-state index is 0.854. The monoisotopic (exact) mass is 245 g/mol. The molecular formula is C16H23NO. The molecule has 0 heterocycles. The van der Waals surface area contributed by atoms with E-state index in [1.165, 1.54) is 18.4 Å². The van der Waals surface area contributed by atoms with Gasteiger partial charge in [0.15, 0.2) is 0 Å². The maximum atomic E-state index is 5.59. The summed E-state index contributed by atoms with van der Waals surface area (Å²) < 4.78 is 5.59. The van der Waals surface area contributed by atoms with Gasteiger partial charge in [-0.05, 0) is 42.9 Å². The normalized spacial score (nSPS) is 14.7. The van der Waals surface area contributed by atoms with Crippen LogP contribution in [0.5, 0.6) is 0 Å². The van der Waals surface area contributed by atoms with Gasteiger partial charge in [0, 0.05) is 19.8 Å². The summed E-state index contributed by atoms with van der Waals surface area (Å²) in [6.07, 6.45) is 3.82. The zero-order valence-electron chi connectivity index (χ0n) is 11.0. The number of ether oxygens (including phenoxy) is 1. The molecule has 0 aliphatic heterocycles. The van der Waals surface area contributed by atoms with Crippen molar-refractivity contribution in [2.24, 2.45) is 5.92 Å². The molecule has 0 amide bonds. The Morgan fingerprint density at radius 3 is 2.78 bits per heavy atom. The first-order valence-corrected chi connectivity index (χ1v) is 6.88. The van der Waals surface area contributed by atoms with Crippen LogP contribution in [0, 0.1) is 5.92 Å². The molecule has 18 heavy (non-hydrogen) atoms. The van der Waals surface area contributed by atoms with Gasteiger partial charge >= 0.3 is 0 Å². The second-order valence-electron chi connectivity index (χ2n) is 5.02. The number of nitrogens with one attached hydrogen (secondary N) is 1. The predicted molar refractivity (Wildman–Crippen MR) is 76.5 cm³/mol. The van der Waals surface area contributed by atoms with Gasteiger partial charge in [0.1, 0.15) is 0 Å². The second-order valence-corrected chi connectivity index (χ2v) is 5.02. The highest BCUT2D eigenvalue weighted by Crippen LogP contribution is 2.28. The van der Waals surface area contributed by atoms with Crippen molar-refractivity contribution in [3.63, 3.8) is 0 Å². The lowest BCUT2D eigenvalue weighted by atomic mass is 10.1. The quantitative estimate of drug-likeness (QED) is 0.675. The largest absolute Gasteiger partial charge is 0.381 e. The Labute approximate surface area is 110 Å². The molecule has 2 rings (SSSR count). The van der Waals surface area contributed by atoms with Crippen molar-refractivity contribution in [2.45, 2.75) is 19.3 Å². The molecular weight excluding hydrogens is 222 g/mol. The number of benzene rings is 1. The van der Waals surface area contributed by atoms with Crippen LogP contribution in [-0.2, 0) is 4.74 Å². The summed E-state index contributed by atoms with van der Waals surface area (Å²) in [5.74, 6) is 0.871. The lowest BCUT2D eigenvalue weighted by Crippen LogP contribution is -2.19. The Morgan fingerprint density at radius 1 is 1.28 bits per heavy atom. The van der Waals surface area contributed by atoms with Gasteiger partial charge in [0.25, 0.3) is 0 Å². The van der Waals surface area contributed by atoms with E-state index < -0.39 is 0 Å². The van der Waals surface area contributed by atoms with E-state index in [-0.39, 0.29) is 0 Å². The van der Waals surface area contributed by atoms with Crippen LogP contribution < -0.4 is 5.32 Å². The molecule has 1 N–H and O–H groups in total. The first-order valence-electron chi connectivity index (χ1n) is 6.88. The van der Waals surface area contributed by atoms with Gasteiger partial charge in [0.05, 0.1) is 0 Å². The van der Waals surface area contributed by atoms with Crippen LogP contribution in [0.1, 0.15) is 24.8 Å². The molecule has 1 saturated carbocycles. The van der Waals surface area contributed by atoms with Crippen LogP contribution in [0.25, 0.3) is 5.57 Å². The van der Waals surface area contributed by atoms with Gasteiger partial charge in [0.2, 0.25) is 0 Å². The first kappa shape index (κ1) is 13.3. The molecule has 1 aromatic rings. The van der Waals surface area contributed by atoms with Crippen molar-refractivity contribution < 1.29 is 4.74 Å². The third-order valence-corrected chi connectivity index (χ3v) is 3.21. The SMILES string of the molecule is C=C(CNCCCOCC1CC1)c1ccccc1. The first-order chi connectivity index (χ1) is 8.86. The molecule has 1 aliphatic carbocycles. The molecule has 1 aliphatic rings. The fraction of sp³-hybridized carbons (Fsp3) is 0.500. The molecule has 0 aromatic heterocycles. The van der Waals surface area contributed by atoms with Gasteiger partial charge in [-0.2, -0.15) is 0 Å². The highest BCUT2D eigenvalue weighted by molar-refractivity contribution is 5.64. The third-order valence-electron chi connectivity index (χ3n) is 3.21. The van der Waals surface area contributed by atoms with Crippen LogP contribution in [0.15, 0.2) is 36.9 Å². The van der Waals surface area contributed by atoms with Crippen molar-refractivity contribution in [3.05, 3.63) is 42.5 Å². The highest BCUT2D eigenvalue weighted by atomic mass is 16.5. The van der Waals surface area contributed by atoms with E-state index in [9.17, 15) is 0 Å². The molecule has 0 unspecified atom stereocenters. The molecule has 0 radical (unpaired) electrons. The Morgan fingerprint density at radius 2 is 2.06 bits per heavy atom. The number of hydrogen-bond acceptors (Lipinski definition) is 2. The number of hydrogen-bond donors (Lipinski definition) is 1. The van der Waals surface area contributed by atoms with E-state index in [2.05, 4.69) is 24.0 Å². The Bertz CT molecular complexity index is 357. The lowest BCUT2D eigenvalue weighted by molar-refractivity contribution is 0.122. The smallest absolute Gasteiger partial charge is 0.0494 e. The molecule has 2 nitrogen and oxygen atoms in total. The van der Waals surface area contributed by atoms with E-state index >= 15 is 0 Å². The average molecular weight is 245 g/mol. The maximum absolute atomic E-state index is 5.59. The van der Waals surface area contributed by atoms with Crippen molar-refractivity contribution in [1.82, 2.24) is 5.32 Å². The zero-order valence-corrected chi connectivity index (χ0v) is 11.0. The molecule has 0 bridgehead atoms. The summed E-state index contributed by atoms with van der Waals surface area (Å²) in [5, 5.41) is 3.41. The standard InChI is InChI=1S/C16H23NO/c1-14(16-6-3-2-4-7-16)12-17-10-5-11-18-13-15-8-9-15/h2-4,6-7,15,17H,1,5,8-13H2. The summed E-state index contributed by atoms with van der Waals surface area (Å²) >= 11 is 0. The minimum absolute atomic E-state index is 0.854. The van der Waals surface area contributed by atoms with Gasteiger partial charge in [-0.25, -0.2) is 0 Å². The van der Waals surface area contributed by atoms with Crippen LogP contribution in [0.3, 0.4) is 0 Å². The van der Waals surface area contributed by atoms with Gasteiger partial charge < -0.3 is 10.1 Å². The molecule has 98 valence electrons. The lowest BCUT2D eigenvalue weighted by Gasteiger charge is -2.08. The van der Waals surface area contributed by atoms with Crippen molar-refractivity contribution in [2.75, 3.05) is 26.3 Å². The fourth-order valence-corrected chi connectivity index (χ4v) is 1.85. The van der Waals surface area contributed by atoms with Crippen LogP contribution >= 0.6 is 0 Å². The third kappa shape index (κ3) is 5.03. The summed E-state index contributed by atoms with van der Waals surface area (Å²) in [6.45, 7) is 7.79. The van der Waals surface area contributed by atoms with E-state index in [0.29, 0.717) is 0 Å². The average Bonchev–Trinajstić information content (AvgIpc) is 3.22. The van der Waals surface area contributed by atoms with E-state index in [0.717, 1.165) is 44.2 Å². The fourth-order valence-electron chi connectivity index (χ4n) is 1.85. The summed E-state index contributed by atoms with van der Waals surface area (Å²) in [6, 6.07) is 10.3. The van der Waals surface area contributed by atoms with E-state index in [4.69, 9.17) is 4.74 Å². The van der Waals surface area contributed by atoms with Crippen molar-refractivity contribution in [3.8, 4) is 0 Å². The van der Waals surface area contributed by atoms with Gasteiger partial charge in [-0.3, -0.25) is 0 Å². The topological polar surface area (TPSA) is 21.3 Å². The molecule has 0 atom stereocenters. The number of rotatable bonds is 9. The van der Waals surface area contributed by atoms with Gasteiger partial charge in [-0.1, -0.05) is 36.9 Å². The molecule has 2 heteroatoms. The molecule has 1 fully saturated rings. The Hall–Kier alpha value is -1.12. The van der Waals surface area contributed by atoms with E-state index in [1.807, 2.05) is 18.2 Å². The Kier molecular flexibility index (Phi) is 5.43. The maximum Gasteiger partial charge on any atom is 0.0494 e. The molecule has 0 saturated heterocycles. The van der Waals surface area contributed by atoms with Crippen molar-refractivity contribution >= 4 is 5.57 Å². The van der Waals surface area contributed by atoms with Crippen LogP contribution in [-0.4, -0.2) is 26.3 Å². The molecule has 0 spiro atoms. The zero-order chi connectivity index (χ0) is 12.6. The predicted octanol–water partition coefficient (Wildman–Crippen LogP) is 3.11. The highest BCUT2D eigenvalue weighted by Gasteiger charge is 2.20. The van der Waals surface area contributed by atoms with Crippen molar-refractivity contribution in [1.29, 1.82) is 0 Å². The van der Waals surface area contributed by atoms with E-state index in [1.54, 1.807) is 0 Å². The summed E-state index contributed by atoms with van der Waals surface area (Å²) in [5.41, 5.74) is 2.37. The van der Waals surface area contributed by atoms with Gasteiger partial charge in [-0.15, -0.1) is 0 Å². The second kappa shape index (κ2) is 7.34. The molecule has 1 aromatic carbocycles. The Balaban J connectivity index is 1.48. The van der Waals surface area contributed by atoms with Crippen LogP contribution in [0.4, 0.5) is 0 Å².